The largest absolute Gasteiger partial charge is 0.459 e. The molecule has 0 atom stereocenters. The van der Waals surface area contributed by atoms with Crippen molar-refractivity contribution >= 4 is 17.8 Å². The highest BCUT2D eigenvalue weighted by molar-refractivity contribution is 6.01. The summed E-state index contributed by atoms with van der Waals surface area (Å²) in [6, 6.07) is 2.93. The average Bonchev–Trinajstić information content (AvgIpc) is 2.87. The van der Waals surface area contributed by atoms with Gasteiger partial charge in [0.2, 0.25) is 0 Å². The number of carbonyl (C=O) groups excluding carboxylic acids is 2. The molecule has 7 heteroatoms. The Bertz CT molecular complexity index is 515. The van der Waals surface area contributed by atoms with E-state index in [0.717, 1.165) is 6.26 Å². The number of primary amides is 1. The fourth-order valence-corrected chi connectivity index (χ4v) is 1.01. The predicted octanol–water partition coefficient (Wildman–Crippen LogP) is 0.619. The lowest BCUT2D eigenvalue weighted by molar-refractivity contribution is 0.0985. The lowest BCUT2D eigenvalue weighted by atomic mass is 10.4. The van der Waals surface area contributed by atoms with Gasteiger partial charge in [-0.3, -0.25) is 14.9 Å². The molecule has 0 radical (unpaired) electrons. The van der Waals surface area contributed by atoms with Gasteiger partial charge in [0.05, 0.1) is 6.26 Å². The monoisotopic (exact) mass is 221 g/mol. The van der Waals surface area contributed by atoms with E-state index < -0.39 is 11.8 Å². The molecule has 0 saturated carbocycles. The first-order valence-corrected chi connectivity index (χ1v) is 4.27. The number of hydrogen-bond donors (Lipinski definition) is 2. The number of aromatic nitrogens is 1. The lowest BCUT2D eigenvalue weighted by Crippen LogP contribution is -2.13. The van der Waals surface area contributed by atoms with Crippen LogP contribution in [0.3, 0.4) is 0 Å². The summed E-state index contributed by atoms with van der Waals surface area (Å²) in [7, 11) is 0. The minimum atomic E-state index is -0.734. The van der Waals surface area contributed by atoms with E-state index in [4.69, 9.17) is 14.6 Å². The van der Waals surface area contributed by atoms with Crippen LogP contribution in [-0.2, 0) is 0 Å². The maximum atomic E-state index is 11.4. The van der Waals surface area contributed by atoms with Gasteiger partial charge >= 0.3 is 6.01 Å². The average molecular weight is 221 g/mol. The summed E-state index contributed by atoms with van der Waals surface area (Å²) in [5, 5.41) is 2.30. The molecular formula is C9H7N3O4. The molecule has 82 valence electrons. The van der Waals surface area contributed by atoms with Crippen LogP contribution in [0.25, 0.3) is 0 Å². The fourth-order valence-electron chi connectivity index (χ4n) is 1.01. The summed E-state index contributed by atoms with van der Waals surface area (Å²) in [5.41, 5.74) is 4.90. The predicted molar refractivity (Wildman–Crippen MR) is 51.7 cm³/mol. The van der Waals surface area contributed by atoms with Crippen LogP contribution in [0.1, 0.15) is 21.0 Å². The molecule has 0 aromatic carbocycles. The molecule has 0 bridgehead atoms. The molecule has 0 unspecified atom stereocenters. The Morgan fingerprint density at radius 1 is 1.38 bits per heavy atom. The minimum absolute atomic E-state index is 0.0604. The third kappa shape index (κ3) is 1.92. The van der Waals surface area contributed by atoms with Crippen molar-refractivity contribution in [2.24, 2.45) is 5.73 Å². The van der Waals surface area contributed by atoms with Crippen molar-refractivity contribution in [2.45, 2.75) is 0 Å². The van der Waals surface area contributed by atoms with Crippen molar-refractivity contribution in [3.8, 4) is 0 Å². The number of anilines is 1. The Morgan fingerprint density at radius 2 is 2.19 bits per heavy atom. The maximum absolute atomic E-state index is 11.4. The summed E-state index contributed by atoms with van der Waals surface area (Å²) in [5.74, 6) is -1.15. The number of nitrogens with one attached hydrogen (secondary N) is 1. The summed E-state index contributed by atoms with van der Waals surface area (Å²) < 4.78 is 9.66. The van der Waals surface area contributed by atoms with Crippen molar-refractivity contribution in [2.75, 3.05) is 5.32 Å². The molecule has 16 heavy (non-hydrogen) atoms. The van der Waals surface area contributed by atoms with Gasteiger partial charge in [-0.15, -0.1) is 0 Å². The molecule has 2 aromatic rings. The van der Waals surface area contributed by atoms with Crippen molar-refractivity contribution < 1.29 is 18.4 Å². The molecule has 0 saturated heterocycles. The third-order valence-electron chi connectivity index (χ3n) is 1.72. The van der Waals surface area contributed by atoms with Crippen LogP contribution >= 0.6 is 0 Å². The van der Waals surface area contributed by atoms with Gasteiger partial charge in [-0.25, -0.2) is 0 Å². The Labute approximate surface area is 89.2 Å². The number of rotatable bonds is 3. The maximum Gasteiger partial charge on any atom is 0.302 e. The molecule has 0 aliphatic carbocycles. The van der Waals surface area contributed by atoms with Crippen LogP contribution in [0, 0.1) is 0 Å². The first kappa shape index (κ1) is 9.97. The zero-order valence-electron chi connectivity index (χ0n) is 7.97. The van der Waals surface area contributed by atoms with E-state index in [2.05, 4.69) is 10.3 Å². The number of nitrogens with zero attached hydrogens (tertiary/aromatic N) is 1. The number of oxazole rings is 1. The number of nitrogens with two attached hydrogens (primary N) is 1. The minimum Gasteiger partial charge on any atom is -0.459 e. The second kappa shape index (κ2) is 3.89. The van der Waals surface area contributed by atoms with E-state index in [1.807, 2.05) is 0 Å². The molecule has 2 amide bonds. The quantitative estimate of drug-likeness (QED) is 0.788. The van der Waals surface area contributed by atoms with E-state index in [0.29, 0.717) is 0 Å². The smallest absolute Gasteiger partial charge is 0.302 e. The summed E-state index contributed by atoms with van der Waals surface area (Å²) >= 11 is 0. The summed E-state index contributed by atoms with van der Waals surface area (Å²) in [4.78, 5) is 25.8. The number of amides is 2. The van der Waals surface area contributed by atoms with E-state index >= 15 is 0 Å². The van der Waals surface area contributed by atoms with Crippen molar-refractivity contribution in [1.29, 1.82) is 0 Å². The molecule has 2 aromatic heterocycles. The third-order valence-corrected chi connectivity index (χ3v) is 1.72. The topological polar surface area (TPSA) is 111 Å². The second-order valence-corrected chi connectivity index (χ2v) is 2.83. The Balaban J connectivity index is 2.09. The van der Waals surface area contributed by atoms with Crippen LogP contribution < -0.4 is 11.1 Å². The van der Waals surface area contributed by atoms with Crippen molar-refractivity contribution in [3.05, 3.63) is 36.1 Å². The summed E-state index contributed by atoms with van der Waals surface area (Å²) in [6.07, 6.45) is 2.42. The molecular weight excluding hydrogens is 214 g/mol. The van der Waals surface area contributed by atoms with Crippen LogP contribution in [0.4, 0.5) is 6.01 Å². The van der Waals surface area contributed by atoms with Crippen LogP contribution in [0.2, 0.25) is 0 Å². The Kier molecular flexibility index (Phi) is 2.42. The highest BCUT2D eigenvalue weighted by Crippen LogP contribution is 2.09. The van der Waals surface area contributed by atoms with E-state index in [9.17, 15) is 9.59 Å². The van der Waals surface area contributed by atoms with Gasteiger partial charge in [0, 0.05) is 0 Å². The van der Waals surface area contributed by atoms with E-state index in [-0.39, 0.29) is 17.5 Å². The SMILES string of the molecule is NC(=O)c1coc(NC(=O)c2ccco2)n1. The first-order valence-electron chi connectivity index (χ1n) is 4.27. The van der Waals surface area contributed by atoms with Crippen molar-refractivity contribution in [3.63, 3.8) is 0 Å². The van der Waals surface area contributed by atoms with Crippen molar-refractivity contribution in [1.82, 2.24) is 4.98 Å². The molecule has 0 aliphatic rings. The van der Waals surface area contributed by atoms with E-state index in [1.54, 1.807) is 6.07 Å². The second-order valence-electron chi connectivity index (χ2n) is 2.83. The van der Waals surface area contributed by atoms with Gasteiger partial charge in [0.15, 0.2) is 11.5 Å². The standard InChI is InChI=1S/C9H7N3O4/c10-7(13)5-4-16-9(11-5)12-8(14)6-2-1-3-15-6/h1-4H,(H2,10,13)(H,11,12,14). The van der Waals surface area contributed by atoms with Crippen LogP contribution in [-0.4, -0.2) is 16.8 Å². The molecule has 7 nitrogen and oxygen atoms in total. The molecule has 2 rings (SSSR count). The van der Waals surface area contributed by atoms with Crippen LogP contribution in [0.15, 0.2) is 33.5 Å². The molecule has 0 aliphatic heterocycles. The highest BCUT2D eigenvalue weighted by atomic mass is 16.4. The van der Waals surface area contributed by atoms with Crippen LogP contribution in [0.5, 0.6) is 0 Å². The van der Waals surface area contributed by atoms with Gasteiger partial charge in [0.25, 0.3) is 11.8 Å². The Morgan fingerprint density at radius 3 is 2.75 bits per heavy atom. The highest BCUT2D eigenvalue weighted by Gasteiger charge is 2.14. The number of carbonyl (C=O) groups is 2. The molecule has 0 fully saturated rings. The lowest BCUT2D eigenvalue weighted by Gasteiger charge is -1.95. The molecule has 3 N–H and O–H groups in total. The fraction of sp³-hybridized carbons (Fsp3) is 0. The van der Waals surface area contributed by atoms with Gasteiger partial charge in [-0.1, -0.05) is 0 Å². The molecule has 2 heterocycles. The van der Waals surface area contributed by atoms with Gasteiger partial charge in [-0.05, 0) is 12.1 Å². The number of hydrogen-bond acceptors (Lipinski definition) is 5. The van der Waals surface area contributed by atoms with Gasteiger partial charge in [-0.2, -0.15) is 4.98 Å². The zero-order valence-corrected chi connectivity index (χ0v) is 7.97. The van der Waals surface area contributed by atoms with Gasteiger partial charge in [0.1, 0.15) is 6.26 Å². The number of furan rings is 1. The summed E-state index contributed by atoms with van der Waals surface area (Å²) in [6.45, 7) is 0. The zero-order chi connectivity index (χ0) is 11.5. The normalized spacial score (nSPS) is 10.0. The van der Waals surface area contributed by atoms with E-state index in [1.165, 1.54) is 12.3 Å². The Hall–Kier alpha value is -2.57. The molecule has 0 spiro atoms. The van der Waals surface area contributed by atoms with Gasteiger partial charge < -0.3 is 14.6 Å². The first-order chi connectivity index (χ1) is 7.66.